The lowest BCUT2D eigenvalue weighted by Crippen LogP contribution is -2.14. The number of carbonyl (C=O) groups is 2. The van der Waals surface area contributed by atoms with Crippen molar-refractivity contribution in [2.24, 2.45) is 0 Å². The van der Waals surface area contributed by atoms with Gasteiger partial charge in [0, 0.05) is 11.3 Å². The number of methoxy groups -OCH3 is 2. The van der Waals surface area contributed by atoms with Crippen molar-refractivity contribution in [3.8, 4) is 17.0 Å². The van der Waals surface area contributed by atoms with Gasteiger partial charge in [0.25, 0.3) is 0 Å². The van der Waals surface area contributed by atoms with Gasteiger partial charge in [-0.05, 0) is 48.5 Å². The highest BCUT2D eigenvalue weighted by atomic mass is 32.2. The van der Waals surface area contributed by atoms with Crippen LogP contribution < -0.4 is 10.1 Å². The van der Waals surface area contributed by atoms with Crippen molar-refractivity contribution in [3.05, 3.63) is 66.2 Å². The summed E-state index contributed by atoms with van der Waals surface area (Å²) in [4.78, 5) is 23.9. The summed E-state index contributed by atoms with van der Waals surface area (Å²) in [5.41, 5.74) is 3.19. The van der Waals surface area contributed by atoms with E-state index in [1.165, 1.54) is 18.9 Å². The summed E-state index contributed by atoms with van der Waals surface area (Å²) in [5, 5.41) is 16.2. The molecule has 32 heavy (non-hydrogen) atoms. The Morgan fingerprint density at radius 3 is 2.59 bits per heavy atom. The van der Waals surface area contributed by atoms with E-state index in [1.807, 2.05) is 36.4 Å². The van der Waals surface area contributed by atoms with Crippen LogP contribution in [-0.4, -0.2) is 51.7 Å². The Labute approximate surface area is 187 Å². The van der Waals surface area contributed by atoms with Crippen molar-refractivity contribution < 1.29 is 19.1 Å². The van der Waals surface area contributed by atoms with Gasteiger partial charge in [-0.2, -0.15) is 9.61 Å². The minimum atomic E-state index is -0.432. The van der Waals surface area contributed by atoms with E-state index in [9.17, 15) is 9.59 Å². The zero-order chi connectivity index (χ0) is 22.5. The van der Waals surface area contributed by atoms with Gasteiger partial charge in [-0.25, -0.2) is 4.79 Å². The van der Waals surface area contributed by atoms with Gasteiger partial charge in [-0.3, -0.25) is 4.79 Å². The average molecular weight is 449 g/mol. The molecule has 2 aromatic heterocycles. The summed E-state index contributed by atoms with van der Waals surface area (Å²) in [5.74, 6) is 0.198. The highest BCUT2D eigenvalue weighted by molar-refractivity contribution is 7.99. The number of benzene rings is 2. The number of thioether (sulfide) groups is 1. The maximum absolute atomic E-state index is 12.4. The van der Waals surface area contributed by atoms with Crippen LogP contribution in [0, 0.1) is 0 Å². The minimum Gasteiger partial charge on any atom is -0.497 e. The van der Waals surface area contributed by atoms with E-state index in [2.05, 4.69) is 25.3 Å². The number of nitrogens with zero attached hydrogens (tertiary/aromatic N) is 4. The fourth-order valence-corrected chi connectivity index (χ4v) is 3.62. The molecule has 2 aromatic carbocycles. The lowest BCUT2D eigenvalue weighted by Gasteiger charge is -2.06. The van der Waals surface area contributed by atoms with Gasteiger partial charge in [0.15, 0.2) is 5.65 Å². The van der Waals surface area contributed by atoms with E-state index in [4.69, 9.17) is 4.74 Å². The SMILES string of the molecule is COC(=O)c1ccc(NC(=O)CSc2nnc3ccc(-c4cccc(OC)c4)nn23)cc1. The number of anilines is 1. The molecular formula is C22H19N5O4S. The van der Waals surface area contributed by atoms with Crippen LogP contribution in [0.1, 0.15) is 10.4 Å². The number of amides is 1. The second-order valence-electron chi connectivity index (χ2n) is 6.61. The number of nitrogens with one attached hydrogen (secondary N) is 1. The van der Waals surface area contributed by atoms with E-state index >= 15 is 0 Å². The molecule has 9 nitrogen and oxygen atoms in total. The van der Waals surface area contributed by atoms with E-state index in [1.54, 1.807) is 35.9 Å². The van der Waals surface area contributed by atoms with Crippen LogP contribution in [0.4, 0.5) is 5.69 Å². The van der Waals surface area contributed by atoms with Gasteiger partial charge >= 0.3 is 5.97 Å². The Hall–Kier alpha value is -3.92. The molecule has 0 saturated carbocycles. The third-order valence-electron chi connectivity index (χ3n) is 4.52. The molecule has 10 heteroatoms. The lowest BCUT2D eigenvalue weighted by molar-refractivity contribution is -0.113. The zero-order valence-corrected chi connectivity index (χ0v) is 18.1. The highest BCUT2D eigenvalue weighted by Gasteiger charge is 2.13. The van der Waals surface area contributed by atoms with Crippen molar-refractivity contribution in [2.75, 3.05) is 25.3 Å². The minimum absolute atomic E-state index is 0.116. The van der Waals surface area contributed by atoms with Crippen molar-refractivity contribution in [1.82, 2.24) is 19.8 Å². The molecule has 1 amide bonds. The molecule has 0 aliphatic rings. The summed E-state index contributed by atoms with van der Waals surface area (Å²) in [6.45, 7) is 0. The molecule has 0 fully saturated rings. The van der Waals surface area contributed by atoms with E-state index in [0.717, 1.165) is 17.0 Å². The van der Waals surface area contributed by atoms with Gasteiger partial charge in [0.05, 0.1) is 31.2 Å². The summed E-state index contributed by atoms with van der Waals surface area (Å²) < 4.78 is 11.6. The highest BCUT2D eigenvalue weighted by Crippen LogP contribution is 2.24. The first-order valence-corrected chi connectivity index (χ1v) is 10.5. The molecule has 0 unspecified atom stereocenters. The Bertz CT molecular complexity index is 1270. The van der Waals surface area contributed by atoms with Crippen molar-refractivity contribution >= 4 is 35.0 Å². The number of fused-ring (bicyclic) bond motifs is 1. The molecule has 0 aliphatic carbocycles. The molecule has 0 radical (unpaired) electrons. The maximum atomic E-state index is 12.4. The van der Waals surface area contributed by atoms with Gasteiger partial charge in [-0.15, -0.1) is 10.2 Å². The third-order valence-corrected chi connectivity index (χ3v) is 5.44. The van der Waals surface area contributed by atoms with Crippen molar-refractivity contribution in [2.45, 2.75) is 5.16 Å². The molecule has 4 rings (SSSR count). The molecule has 4 aromatic rings. The Kier molecular flexibility index (Phi) is 6.31. The largest absolute Gasteiger partial charge is 0.497 e. The summed E-state index contributed by atoms with van der Waals surface area (Å²) in [7, 11) is 2.93. The monoisotopic (exact) mass is 449 g/mol. The first-order valence-electron chi connectivity index (χ1n) is 9.55. The zero-order valence-electron chi connectivity index (χ0n) is 17.3. The van der Waals surface area contributed by atoms with Gasteiger partial charge in [-0.1, -0.05) is 23.9 Å². The topological polar surface area (TPSA) is 108 Å². The molecule has 0 aliphatic heterocycles. The predicted octanol–water partition coefficient (Wildman–Crippen LogP) is 3.32. The van der Waals surface area contributed by atoms with E-state index < -0.39 is 5.97 Å². The number of esters is 1. The predicted molar refractivity (Wildman–Crippen MR) is 120 cm³/mol. The van der Waals surface area contributed by atoms with Crippen molar-refractivity contribution in [1.29, 1.82) is 0 Å². The molecule has 0 bridgehead atoms. The first kappa shape index (κ1) is 21.3. The Morgan fingerprint density at radius 2 is 1.84 bits per heavy atom. The molecule has 0 spiro atoms. The number of rotatable bonds is 7. The first-order chi connectivity index (χ1) is 15.6. The number of aromatic nitrogens is 4. The summed E-state index contributed by atoms with van der Waals surface area (Å²) >= 11 is 1.22. The number of carbonyl (C=O) groups excluding carboxylic acids is 2. The number of hydrogen-bond donors (Lipinski definition) is 1. The Balaban J connectivity index is 1.45. The van der Waals surface area contributed by atoms with Crippen LogP contribution >= 0.6 is 11.8 Å². The molecule has 162 valence electrons. The molecular weight excluding hydrogens is 430 g/mol. The average Bonchev–Trinajstić information content (AvgIpc) is 3.25. The standard InChI is InChI=1S/C22H19N5O4S/c1-30-17-5-3-4-15(12-17)18-10-11-19-24-25-22(27(19)26-18)32-13-20(28)23-16-8-6-14(7-9-16)21(29)31-2/h3-12H,13H2,1-2H3,(H,23,28). The number of hydrogen-bond acceptors (Lipinski definition) is 8. The van der Waals surface area contributed by atoms with Gasteiger partial charge < -0.3 is 14.8 Å². The normalized spacial score (nSPS) is 10.7. The summed E-state index contributed by atoms with van der Waals surface area (Å²) in [6.07, 6.45) is 0. The van der Waals surface area contributed by atoms with Crippen LogP contribution in [0.25, 0.3) is 16.9 Å². The Morgan fingerprint density at radius 1 is 1.03 bits per heavy atom. The molecule has 0 saturated heterocycles. The number of ether oxygens (including phenoxy) is 2. The van der Waals surface area contributed by atoms with Crippen LogP contribution in [0.15, 0.2) is 65.8 Å². The quantitative estimate of drug-likeness (QED) is 0.338. The lowest BCUT2D eigenvalue weighted by atomic mass is 10.1. The van der Waals surface area contributed by atoms with Crippen LogP contribution in [0.2, 0.25) is 0 Å². The maximum Gasteiger partial charge on any atom is 0.337 e. The fraction of sp³-hybridized carbons (Fsp3) is 0.136. The third kappa shape index (κ3) is 4.70. The van der Waals surface area contributed by atoms with Crippen molar-refractivity contribution in [3.63, 3.8) is 0 Å². The van der Waals surface area contributed by atoms with E-state index in [0.29, 0.717) is 22.1 Å². The summed E-state index contributed by atoms with van der Waals surface area (Å²) in [6, 6.07) is 17.7. The van der Waals surface area contributed by atoms with Gasteiger partial charge in [0.2, 0.25) is 11.1 Å². The second-order valence-corrected chi connectivity index (χ2v) is 7.55. The van der Waals surface area contributed by atoms with E-state index in [-0.39, 0.29) is 11.7 Å². The fourth-order valence-electron chi connectivity index (χ4n) is 2.93. The molecule has 0 atom stereocenters. The molecule has 2 heterocycles. The molecule has 1 N–H and O–H groups in total. The second kappa shape index (κ2) is 9.48. The van der Waals surface area contributed by atoms with Crippen LogP contribution in [0.5, 0.6) is 5.75 Å². The van der Waals surface area contributed by atoms with Crippen LogP contribution in [0.3, 0.4) is 0 Å². The van der Waals surface area contributed by atoms with Crippen LogP contribution in [-0.2, 0) is 9.53 Å². The van der Waals surface area contributed by atoms with Gasteiger partial charge in [0.1, 0.15) is 5.75 Å². The smallest absolute Gasteiger partial charge is 0.337 e.